The van der Waals surface area contributed by atoms with Crippen molar-refractivity contribution in [1.82, 2.24) is 4.98 Å². The van der Waals surface area contributed by atoms with Gasteiger partial charge in [0.05, 0.1) is 0 Å². The van der Waals surface area contributed by atoms with Crippen LogP contribution in [0.1, 0.15) is 37.6 Å². The Kier molecular flexibility index (Phi) is 6.74. The van der Waals surface area contributed by atoms with E-state index in [1.165, 1.54) is 5.56 Å². The Morgan fingerprint density at radius 1 is 1.10 bits per heavy atom. The number of nitrogens with two attached hydrogens (primary N) is 1. The van der Waals surface area contributed by atoms with Crippen LogP contribution in [0.4, 0.5) is 0 Å². The molecule has 2 rings (SSSR count). The standard InChI is InChI=1S/C15H18N2O.C2H6/c1-3-12-5-4-6-14(8-12)18-15-9-13(10-16)7-11(2)17-15;1-2/h4-9H,3,10,16H2,1-2H3;1-2H3. The summed E-state index contributed by atoms with van der Waals surface area (Å²) in [7, 11) is 0. The molecule has 0 saturated carbocycles. The molecule has 0 radical (unpaired) electrons. The van der Waals surface area contributed by atoms with E-state index >= 15 is 0 Å². The van der Waals surface area contributed by atoms with Gasteiger partial charge >= 0.3 is 0 Å². The van der Waals surface area contributed by atoms with E-state index in [0.29, 0.717) is 12.4 Å². The van der Waals surface area contributed by atoms with Crippen LogP contribution in [-0.4, -0.2) is 4.98 Å². The Bertz CT molecular complexity index is 538. The highest BCUT2D eigenvalue weighted by Crippen LogP contribution is 2.22. The summed E-state index contributed by atoms with van der Waals surface area (Å²) in [6, 6.07) is 11.9. The Labute approximate surface area is 121 Å². The molecule has 3 heteroatoms. The average Bonchev–Trinajstić information content (AvgIpc) is 2.49. The fourth-order valence-corrected chi connectivity index (χ4v) is 1.83. The van der Waals surface area contributed by atoms with Gasteiger partial charge in [0, 0.05) is 18.3 Å². The van der Waals surface area contributed by atoms with Crippen molar-refractivity contribution in [1.29, 1.82) is 0 Å². The average molecular weight is 272 g/mol. The van der Waals surface area contributed by atoms with E-state index in [1.54, 1.807) is 0 Å². The molecule has 20 heavy (non-hydrogen) atoms. The number of pyridine rings is 1. The van der Waals surface area contributed by atoms with Gasteiger partial charge in [0.1, 0.15) is 5.75 Å². The van der Waals surface area contributed by atoms with Crippen molar-refractivity contribution in [3.63, 3.8) is 0 Å². The van der Waals surface area contributed by atoms with Gasteiger partial charge in [-0.15, -0.1) is 0 Å². The molecule has 1 heterocycles. The Balaban J connectivity index is 0.000000956. The highest BCUT2D eigenvalue weighted by atomic mass is 16.5. The molecule has 108 valence electrons. The molecule has 0 spiro atoms. The van der Waals surface area contributed by atoms with E-state index < -0.39 is 0 Å². The van der Waals surface area contributed by atoms with E-state index in [2.05, 4.69) is 18.0 Å². The topological polar surface area (TPSA) is 48.1 Å². The molecule has 2 N–H and O–H groups in total. The first-order chi connectivity index (χ1) is 9.71. The van der Waals surface area contributed by atoms with Gasteiger partial charge in [-0.05, 0) is 42.7 Å². The highest BCUT2D eigenvalue weighted by molar-refractivity contribution is 5.33. The third-order valence-corrected chi connectivity index (χ3v) is 2.75. The lowest BCUT2D eigenvalue weighted by Gasteiger charge is -2.08. The molecular weight excluding hydrogens is 248 g/mol. The van der Waals surface area contributed by atoms with Crippen molar-refractivity contribution in [3.05, 3.63) is 53.2 Å². The predicted molar refractivity (Wildman–Crippen MR) is 84.1 cm³/mol. The quantitative estimate of drug-likeness (QED) is 0.906. The summed E-state index contributed by atoms with van der Waals surface area (Å²) in [5.41, 5.74) is 8.84. The van der Waals surface area contributed by atoms with Crippen LogP contribution in [0.2, 0.25) is 0 Å². The van der Waals surface area contributed by atoms with Crippen LogP contribution in [-0.2, 0) is 13.0 Å². The summed E-state index contributed by atoms with van der Waals surface area (Å²) < 4.78 is 5.78. The van der Waals surface area contributed by atoms with Gasteiger partial charge in [-0.3, -0.25) is 0 Å². The van der Waals surface area contributed by atoms with Crippen LogP contribution in [0.15, 0.2) is 36.4 Å². The van der Waals surface area contributed by atoms with Crippen molar-refractivity contribution >= 4 is 0 Å². The van der Waals surface area contributed by atoms with Gasteiger partial charge in [0.15, 0.2) is 0 Å². The molecule has 0 bridgehead atoms. The van der Waals surface area contributed by atoms with Crippen LogP contribution in [0.3, 0.4) is 0 Å². The maximum atomic E-state index is 5.78. The van der Waals surface area contributed by atoms with Crippen LogP contribution in [0, 0.1) is 6.92 Å². The molecule has 0 aliphatic rings. The zero-order valence-electron chi connectivity index (χ0n) is 12.8. The summed E-state index contributed by atoms with van der Waals surface area (Å²) in [5.74, 6) is 1.42. The van der Waals surface area contributed by atoms with Crippen molar-refractivity contribution in [2.75, 3.05) is 0 Å². The highest BCUT2D eigenvalue weighted by Gasteiger charge is 2.02. The Morgan fingerprint density at radius 3 is 2.50 bits per heavy atom. The molecule has 0 atom stereocenters. The minimum Gasteiger partial charge on any atom is -0.439 e. The van der Waals surface area contributed by atoms with E-state index in [9.17, 15) is 0 Å². The fraction of sp³-hybridized carbons (Fsp3) is 0.353. The molecule has 0 saturated heterocycles. The number of aryl methyl sites for hydroxylation is 2. The monoisotopic (exact) mass is 272 g/mol. The van der Waals surface area contributed by atoms with E-state index in [1.807, 2.05) is 51.1 Å². The molecule has 0 amide bonds. The van der Waals surface area contributed by atoms with Crippen molar-refractivity contribution in [3.8, 4) is 11.6 Å². The fourth-order valence-electron chi connectivity index (χ4n) is 1.83. The molecule has 2 aromatic rings. The first-order valence-electron chi connectivity index (χ1n) is 7.15. The van der Waals surface area contributed by atoms with Gasteiger partial charge in [0.25, 0.3) is 0 Å². The summed E-state index contributed by atoms with van der Waals surface area (Å²) in [6.45, 7) is 8.56. The maximum absolute atomic E-state index is 5.78. The third kappa shape index (κ3) is 4.67. The number of ether oxygens (including phenoxy) is 1. The zero-order valence-corrected chi connectivity index (χ0v) is 12.8. The van der Waals surface area contributed by atoms with Gasteiger partial charge in [-0.2, -0.15) is 0 Å². The lowest BCUT2D eigenvalue weighted by molar-refractivity contribution is 0.460. The smallest absolute Gasteiger partial charge is 0.219 e. The van der Waals surface area contributed by atoms with E-state index in [0.717, 1.165) is 23.4 Å². The second-order valence-corrected chi connectivity index (χ2v) is 4.26. The summed E-state index contributed by atoms with van der Waals surface area (Å²) in [4.78, 5) is 4.35. The third-order valence-electron chi connectivity index (χ3n) is 2.75. The molecule has 0 aliphatic carbocycles. The molecule has 1 aromatic carbocycles. The van der Waals surface area contributed by atoms with Gasteiger partial charge in [-0.1, -0.05) is 32.9 Å². The van der Waals surface area contributed by atoms with Gasteiger partial charge in [0.2, 0.25) is 5.88 Å². The maximum Gasteiger partial charge on any atom is 0.219 e. The molecule has 0 aliphatic heterocycles. The summed E-state index contributed by atoms with van der Waals surface area (Å²) in [6.07, 6.45) is 0.993. The van der Waals surface area contributed by atoms with Crippen molar-refractivity contribution in [2.24, 2.45) is 5.73 Å². The van der Waals surface area contributed by atoms with Gasteiger partial charge in [-0.25, -0.2) is 4.98 Å². The lowest BCUT2D eigenvalue weighted by Crippen LogP contribution is -1.99. The number of benzene rings is 1. The second-order valence-electron chi connectivity index (χ2n) is 4.26. The number of nitrogens with zero attached hydrogens (tertiary/aromatic N) is 1. The lowest BCUT2D eigenvalue weighted by atomic mass is 10.2. The Hall–Kier alpha value is -1.87. The molecule has 3 nitrogen and oxygen atoms in total. The predicted octanol–water partition coefficient (Wildman–Crippen LogP) is 4.23. The zero-order chi connectivity index (χ0) is 15.0. The number of hydrogen-bond donors (Lipinski definition) is 1. The van der Waals surface area contributed by atoms with E-state index in [4.69, 9.17) is 10.5 Å². The summed E-state index contributed by atoms with van der Waals surface area (Å²) >= 11 is 0. The number of rotatable bonds is 4. The SMILES string of the molecule is CC.CCc1cccc(Oc2cc(CN)cc(C)n2)c1. The second kappa shape index (κ2) is 8.33. The molecular formula is C17H24N2O. The normalized spacial score (nSPS) is 9.65. The minimum atomic E-state index is 0.495. The largest absolute Gasteiger partial charge is 0.439 e. The van der Waals surface area contributed by atoms with Crippen molar-refractivity contribution in [2.45, 2.75) is 40.7 Å². The molecule has 1 aromatic heterocycles. The van der Waals surface area contributed by atoms with Crippen LogP contribution < -0.4 is 10.5 Å². The van der Waals surface area contributed by atoms with E-state index in [-0.39, 0.29) is 0 Å². The van der Waals surface area contributed by atoms with Crippen LogP contribution in [0.5, 0.6) is 11.6 Å². The molecule has 0 fully saturated rings. The Morgan fingerprint density at radius 2 is 1.85 bits per heavy atom. The number of aromatic nitrogens is 1. The van der Waals surface area contributed by atoms with Crippen molar-refractivity contribution < 1.29 is 4.74 Å². The van der Waals surface area contributed by atoms with Gasteiger partial charge < -0.3 is 10.5 Å². The number of hydrogen-bond acceptors (Lipinski definition) is 3. The minimum absolute atomic E-state index is 0.495. The van der Waals surface area contributed by atoms with Crippen LogP contribution in [0.25, 0.3) is 0 Å². The first-order valence-corrected chi connectivity index (χ1v) is 7.15. The summed E-state index contributed by atoms with van der Waals surface area (Å²) in [5, 5.41) is 0. The van der Waals surface area contributed by atoms with Crippen LogP contribution >= 0.6 is 0 Å². The first kappa shape index (κ1) is 16.2. The molecule has 0 unspecified atom stereocenters.